The monoisotopic (exact) mass is 698 g/mol. The number of hydrogen-bond donors (Lipinski definition) is 1. The first kappa shape index (κ1) is 35.1. The predicted molar refractivity (Wildman–Crippen MR) is 191 cm³/mol. The molecule has 1 amide bonds. The molecule has 2 atom stereocenters. The van der Waals surface area contributed by atoms with Crippen LogP contribution in [0.15, 0.2) is 78.9 Å². The molecule has 1 N–H and O–H groups in total. The lowest BCUT2D eigenvalue weighted by atomic mass is 9.83. The van der Waals surface area contributed by atoms with Gasteiger partial charge in [0.2, 0.25) is 0 Å². The molecule has 2 aliphatic heterocycles. The number of carbonyl (C=O) groups excluding carboxylic acids is 2. The van der Waals surface area contributed by atoms with Crippen LogP contribution in [0.4, 0.5) is 4.79 Å². The standard InChI is InChI=1S/C40H43ClN2O7/c1-40(2,3)50-39(45)42-32(18-25-12-8-6-9-13-25)38(44)49-37-30-23-43-17-16-27-19-34(46-4)35(48-24-26-14-10-7-11-15-26)21-28(27)33(43)20-29(30)31(41)22-36(37)47-5/h6-15,19,21-22,32-33H,16-18,20,23-24H2,1-5H3,(H,42,45). The topological polar surface area (TPSA) is 95.6 Å². The number of halogens is 1. The Morgan fingerprint density at radius 1 is 0.900 bits per heavy atom. The Morgan fingerprint density at radius 3 is 2.24 bits per heavy atom. The summed E-state index contributed by atoms with van der Waals surface area (Å²) < 4.78 is 29.4. The summed E-state index contributed by atoms with van der Waals surface area (Å²) in [6.07, 6.45) is 0.894. The van der Waals surface area contributed by atoms with E-state index in [1.807, 2.05) is 60.7 Å². The number of carbonyl (C=O) groups is 2. The number of amides is 1. The van der Waals surface area contributed by atoms with Crippen molar-refractivity contribution in [2.45, 2.75) is 70.9 Å². The van der Waals surface area contributed by atoms with Crippen LogP contribution in [-0.4, -0.2) is 49.4 Å². The Hall–Kier alpha value is -4.73. The molecule has 2 aliphatic rings. The van der Waals surface area contributed by atoms with Gasteiger partial charge in [-0.15, -0.1) is 0 Å². The van der Waals surface area contributed by atoms with E-state index >= 15 is 0 Å². The fraction of sp³-hybridized carbons (Fsp3) is 0.350. The lowest BCUT2D eigenvalue weighted by molar-refractivity contribution is -0.137. The summed E-state index contributed by atoms with van der Waals surface area (Å²) in [5.74, 6) is 1.38. The second-order valence-electron chi connectivity index (χ2n) is 13.6. The van der Waals surface area contributed by atoms with E-state index in [1.54, 1.807) is 33.9 Å². The van der Waals surface area contributed by atoms with Crippen molar-refractivity contribution in [1.82, 2.24) is 10.2 Å². The quantitative estimate of drug-likeness (QED) is 0.133. The highest BCUT2D eigenvalue weighted by atomic mass is 35.5. The minimum Gasteiger partial charge on any atom is -0.493 e. The Morgan fingerprint density at radius 2 is 1.58 bits per heavy atom. The fourth-order valence-electron chi connectivity index (χ4n) is 6.61. The number of benzene rings is 4. The van der Waals surface area contributed by atoms with E-state index in [1.165, 1.54) is 12.7 Å². The van der Waals surface area contributed by atoms with Crippen molar-refractivity contribution in [3.63, 3.8) is 0 Å². The number of esters is 1. The third-order valence-corrected chi connectivity index (χ3v) is 9.32. The van der Waals surface area contributed by atoms with Crippen molar-refractivity contribution in [1.29, 1.82) is 0 Å². The van der Waals surface area contributed by atoms with Gasteiger partial charge in [0.15, 0.2) is 23.0 Å². The van der Waals surface area contributed by atoms with Crippen molar-refractivity contribution in [3.05, 3.63) is 117 Å². The van der Waals surface area contributed by atoms with Crippen molar-refractivity contribution in [3.8, 4) is 23.0 Å². The Balaban J connectivity index is 1.30. The minimum absolute atomic E-state index is 0.0188. The molecule has 0 aromatic heterocycles. The third-order valence-electron chi connectivity index (χ3n) is 8.98. The molecule has 50 heavy (non-hydrogen) atoms. The van der Waals surface area contributed by atoms with Crippen LogP contribution in [0, 0.1) is 0 Å². The summed E-state index contributed by atoms with van der Waals surface area (Å²) >= 11 is 6.93. The number of ether oxygens (including phenoxy) is 5. The van der Waals surface area contributed by atoms with Gasteiger partial charge in [-0.05, 0) is 73.6 Å². The van der Waals surface area contributed by atoms with Gasteiger partial charge in [0.25, 0.3) is 0 Å². The van der Waals surface area contributed by atoms with Crippen molar-refractivity contribution >= 4 is 23.7 Å². The first-order chi connectivity index (χ1) is 24.0. The largest absolute Gasteiger partial charge is 0.493 e. The first-order valence-corrected chi connectivity index (χ1v) is 17.2. The van der Waals surface area contributed by atoms with Crippen LogP contribution < -0.4 is 24.3 Å². The van der Waals surface area contributed by atoms with Crippen LogP contribution in [0.5, 0.6) is 23.0 Å². The van der Waals surface area contributed by atoms with Gasteiger partial charge in [0.05, 0.1) is 14.2 Å². The smallest absolute Gasteiger partial charge is 0.408 e. The van der Waals surface area contributed by atoms with E-state index < -0.39 is 23.7 Å². The molecule has 10 heteroatoms. The predicted octanol–water partition coefficient (Wildman–Crippen LogP) is 7.63. The summed E-state index contributed by atoms with van der Waals surface area (Å²) in [6.45, 7) is 6.98. The molecule has 0 saturated carbocycles. The summed E-state index contributed by atoms with van der Waals surface area (Å²) in [4.78, 5) is 29.2. The molecule has 0 spiro atoms. The van der Waals surface area contributed by atoms with Crippen molar-refractivity contribution in [2.75, 3.05) is 20.8 Å². The molecule has 262 valence electrons. The zero-order chi connectivity index (χ0) is 35.4. The van der Waals surface area contributed by atoms with Crippen LogP contribution in [0.3, 0.4) is 0 Å². The number of fused-ring (bicyclic) bond motifs is 4. The lowest BCUT2D eigenvalue weighted by Gasteiger charge is -2.42. The van der Waals surface area contributed by atoms with Crippen LogP contribution in [0.2, 0.25) is 5.02 Å². The number of hydrogen-bond acceptors (Lipinski definition) is 8. The molecule has 9 nitrogen and oxygen atoms in total. The fourth-order valence-corrected chi connectivity index (χ4v) is 6.90. The average molecular weight is 699 g/mol. The van der Waals surface area contributed by atoms with E-state index in [4.69, 9.17) is 35.3 Å². The summed E-state index contributed by atoms with van der Waals surface area (Å²) in [5.41, 5.74) is 5.20. The second-order valence-corrected chi connectivity index (χ2v) is 14.0. The first-order valence-electron chi connectivity index (χ1n) is 16.8. The highest BCUT2D eigenvalue weighted by Gasteiger charge is 2.37. The Labute approximate surface area is 298 Å². The lowest BCUT2D eigenvalue weighted by Crippen LogP contribution is -2.46. The van der Waals surface area contributed by atoms with Gasteiger partial charge in [0.1, 0.15) is 18.2 Å². The maximum Gasteiger partial charge on any atom is 0.408 e. The van der Waals surface area contributed by atoms with Gasteiger partial charge in [-0.25, -0.2) is 9.59 Å². The summed E-state index contributed by atoms with van der Waals surface area (Å²) in [6, 6.07) is 24.3. The van der Waals surface area contributed by atoms with Gasteiger partial charge in [-0.3, -0.25) is 4.90 Å². The zero-order valence-electron chi connectivity index (χ0n) is 29.1. The van der Waals surface area contributed by atoms with Crippen molar-refractivity contribution < 1.29 is 33.3 Å². The number of methoxy groups -OCH3 is 2. The molecule has 2 heterocycles. The molecule has 0 bridgehead atoms. The van der Waals surface area contributed by atoms with Crippen LogP contribution in [-0.2, 0) is 41.9 Å². The van der Waals surface area contributed by atoms with Crippen LogP contribution >= 0.6 is 11.6 Å². The van der Waals surface area contributed by atoms with Gasteiger partial charge in [-0.1, -0.05) is 72.3 Å². The zero-order valence-corrected chi connectivity index (χ0v) is 29.8. The molecule has 4 aromatic rings. The summed E-state index contributed by atoms with van der Waals surface area (Å²) in [7, 11) is 3.18. The molecule has 2 unspecified atom stereocenters. The molecule has 0 aliphatic carbocycles. The number of nitrogens with one attached hydrogen (secondary N) is 1. The normalized spacial score (nSPS) is 15.8. The number of alkyl carbamates (subject to hydrolysis) is 1. The average Bonchev–Trinajstić information content (AvgIpc) is 3.10. The maximum atomic E-state index is 13.9. The van der Waals surface area contributed by atoms with Gasteiger partial charge in [0, 0.05) is 42.2 Å². The van der Waals surface area contributed by atoms with Gasteiger partial charge < -0.3 is 29.0 Å². The molecule has 4 aromatic carbocycles. The molecule has 0 fully saturated rings. The molecule has 0 saturated heterocycles. The Kier molecular flexibility index (Phi) is 10.6. The highest BCUT2D eigenvalue weighted by Crippen LogP contribution is 2.48. The summed E-state index contributed by atoms with van der Waals surface area (Å²) in [5, 5.41) is 3.26. The number of nitrogens with zero attached hydrogens (tertiary/aromatic N) is 1. The second kappa shape index (κ2) is 15.0. The van der Waals surface area contributed by atoms with E-state index in [0.717, 1.165) is 40.8 Å². The molecule has 0 radical (unpaired) electrons. The van der Waals surface area contributed by atoms with Crippen LogP contribution in [0.25, 0.3) is 0 Å². The number of rotatable bonds is 10. The van der Waals surface area contributed by atoms with Crippen LogP contribution in [0.1, 0.15) is 60.2 Å². The molecular weight excluding hydrogens is 656 g/mol. The van der Waals surface area contributed by atoms with Gasteiger partial charge in [-0.2, -0.15) is 0 Å². The SMILES string of the molecule is COc1cc2c(cc1OCc1ccccc1)C1Cc3c(Cl)cc(OC)c(OC(=O)C(Cc4ccccc4)NC(=O)OC(C)(C)C)c3CN1CC2. The van der Waals surface area contributed by atoms with Crippen molar-refractivity contribution in [2.24, 2.45) is 0 Å². The van der Waals surface area contributed by atoms with E-state index in [-0.39, 0.29) is 12.5 Å². The maximum absolute atomic E-state index is 13.9. The highest BCUT2D eigenvalue weighted by molar-refractivity contribution is 6.31. The third kappa shape index (κ3) is 8.01. The van der Waals surface area contributed by atoms with Gasteiger partial charge >= 0.3 is 12.1 Å². The molecular formula is C40H43ClN2O7. The minimum atomic E-state index is -1.02. The van der Waals surface area contributed by atoms with E-state index in [9.17, 15) is 9.59 Å². The van der Waals surface area contributed by atoms with E-state index in [0.29, 0.717) is 47.6 Å². The Bertz CT molecular complexity index is 1840. The molecule has 6 rings (SSSR count). The van der Waals surface area contributed by atoms with E-state index in [2.05, 4.69) is 22.3 Å².